The number of nitrogens with zero attached hydrogens (tertiary/aromatic N) is 2. The topological polar surface area (TPSA) is 43.4 Å². The molecule has 0 atom stereocenters. The second-order valence-electron chi connectivity index (χ2n) is 21.4. The molecule has 0 spiro atoms. The molecule has 344 valence electrons. The van der Waals surface area contributed by atoms with Gasteiger partial charge < -0.3 is 28.7 Å². The summed E-state index contributed by atoms with van der Waals surface area (Å²) in [6.07, 6.45) is 0. The molecule has 0 saturated carbocycles. The van der Waals surface area contributed by atoms with E-state index >= 15 is 0 Å². The minimum absolute atomic E-state index is 0.101. The Morgan fingerprint density at radius 1 is 0.278 bits per heavy atom. The third-order valence-corrected chi connectivity index (χ3v) is 16.2. The van der Waals surface area contributed by atoms with Gasteiger partial charge in [0, 0.05) is 45.8 Å². The maximum absolute atomic E-state index is 7.20. The molecule has 9 aromatic rings. The van der Waals surface area contributed by atoms with E-state index in [9.17, 15) is 0 Å². The normalized spacial score (nSPS) is 14.2. The summed E-state index contributed by atoms with van der Waals surface area (Å²) >= 11 is 0. The van der Waals surface area contributed by atoms with Crippen LogP contribution in [0, 0.1) is 62.3 Å². The van der Waals surface area contributed by atoms with E-state index in [0.717, 1.165) is 101 Å². The van der Waals surface area contributed by atoms with Crippen LogP contribution in [-0.4, -0.2) is 20.1 Å². The minimum Gasteiger partial charge on any atom is -0.458 e. The predicted octanol–water partition coefficient (Wildman–Crippen LogP) is 10.0. The molecule has 15 rings (SSSR count). The van der Waals surface area contributed by atoms with E-state index < -0.39 is 0 Å². The molecule has 0 amide bonds. The van der Waals surface area contributed by atoms with Crippen molar-refractivity contribution in [2.75, 3.05) is 9.80 Å². The highest BCUT2D eigenvalue weighted by Gasteiger charge is 2.49. The largest absolute Gasteiger partial charge is 0.458 e. The summed E-state index contributed by atoms with van der Waals surface area (Å²) in [6.45, 7) is 19.6. The first kappa shape index (κ1) is 41.7. The van der Waals surface area contributed by atoms with E-state index in [1.807, 2.05) is 0 Å². The van der Waals surface area contributed by atoms with Gasteiger partial charge in [-0.05, 0) is 188 Å². The van der Waals surface area contributed by atoms with Crippen molar-refractivity contribution < 1.29 is 18.9 Å². The van der Waals surface area contributed by atoms with Crippen molar-refractivity contribution in [3.05, 3.63) is 184 Å². The van der Waals surface area contributed by atoms with Crippen LogP contribution in [0.15, 0.2) is 133 Å². The quantitative estimate of drug-likeness (QED) is 0.161. The summed E-state index contributed by atoms with van der Waals surface area (Å²) in [5.74, 6) is 6.90. The van der Waals surface area contributed by atoms with Gasteiger partial charge in [0.2, 0.25) is 0 Å². The molecule has 0 bridgehead atoms. The van der Waals surface area contributed by atoms with Crippen molar-refractivity contribution >= 4 is 103 Å². The Morgan fingerprint density at radius 2 is 0.611 bits per heavy atom. The lowest BCUT2D eigenvalue weighted by molar-refractivity contribution is 0.463. The molecular weight excluding hydrogens is 881 g/mol. The van der Waals surface area contributed by atoms with Gasteiger partial charge in [-0.3, -0.25) is 0 Å². The molecule has 9 aromatic carbocycles. The highest BCUT2D eigenvalue weighted by molar-refractivity contribution is 7.03. The van der Waals surface area contributed by atoms with E-state index in [-0.39, 0.29) is 20.1 Å². The second kappa shape index (κ2) is 14.5. The summed E-state index contributed by atoms with van der Waals surface area (Å²) in [5, 5.41) is 0. The fourth-order valence-electron chi connectivity index (χ4n) is 13.8. The van der Waals surface area contributed by atoms with Gasteiger partial charge in [-0.25, -0.2) is 0 Å². The van der Waals surface area contributed by atoms with Gasteiger partial charge in [-0.15, -0.1) is 0 Å². The number of ether oxygens (including phenoxy) is 4. The van der Waals surface area contributed by atoms with Gasteiger partial charge >= 0.3 is 0 Å². The van der Waals surface area contributed by atoms with Crippen LogP contribution in [-0.2, 0) is 0 Å². The fraction of sp³-hybridized carbons (Fsp3) is 0.143. The Bertz CT molecular complexity index is 3700. The van der Waals surface area contributed by atoms with Crippen LogP contribution in [0.1, 0.15) is 50.1 Å². The predicted molar refractivity (Wildman–Crippen MR) is 298 cm³/mol. The van der Waals surface area contributed by atoms with E-state index in [2.05, 4.69) is 206 Å². The van der Waals surface area contributed by atoms with Crippen LogP contribution in [0.25, 0.3) is 0 Å². The highest BCUT2D eigenvalue weighted by Crippen LogP contribution is 2.50. The summed E-state index contributed by atoms with van der Waals surface area (Å²) in [7, 11) is 0. The van der Waals surface area contributed by atoms with E-state index in [4.69, 9.17) is 18.9 Å². The Balaban J connectivity index is 1.08. The van der Waals surface area contributed by atoms with Crippen molar-refractivity contribution in [1.29, 1.82) is 0 Å². The zero-order valence-corrected chi connectivity index (χ0v) is 42.0. The first-order chi connectivity index (χ1) is 34.9. The van der Waals surface area contributed by atoms with Crippen molar-refractivity contribution in [3.8, 4) is 46.0 Å². The zero-order valence-electron chi connectivity index (χ0n) is 42.0. The fourth-order valence-corrected chi connectivity index (χ4v) is 13.8. The summed E-state index contributed by atoms with van der Waals surface area (Å²) in [6, 6.07) is 49.7. The van der Waals surface area contributed by atoms with Crippen LogP contribution in [0.3, 0.4) is 0 Å². The van der Waals surface area contributed by atoms with Crippen LogP contribution >= 0.6 is 0 Å². The molecule has 0 fully saturated rings. The molecule has 0 unspecified atom stereocenters. The monoisotopic (exact) mass is 930 g/mol. The average molecular weight is 931 g/mol. The van der Waals surface area contributed by atoms with Gasteiger partial charge in [-0.1, -0.05) is 83.9 Å². The molecule has 9 heteroatoms. The van der Waals surface area contributed by atoms with Gasteiger partial charge in [0.25, 0.3) is 20.1 Å². The summed E-state index contributed by atoms with van der Waals surface area (Å²) in [5.41, 5.74) is 28.2. The molecule has 6 aliphatic rings. The van der Waals surface area contributed by atoms with Crippen LogP contribution < -0.4 is 77.9 Å². The second-order valence-corrected chi connectivity index (χ2v) is 21.4. The lowest BCUT2D eigenvalue weighted by atomic mass is 9.29. The molecule has 6 aliphatic heterocycles. The van der Waals surface area contributed by atoms with Crippen molar-refractivity contribution in [1.82, 2.24) is 0 Å². The van der Waals surface area contributed by atoms with Gasteiger partial charge in [-0.2, -0.15) is 0 Å². The van der Waals surface area contributed by atoms with E-state index in [0.29, 0.717) is 0 Å². The van der Waals surface area contributed by atoms with Gasteiger partial charge in [0.15, 0.2) is 0 Å². The third kappa shape index (κ3) is 5.65. The maximum atomic E-state index is 7.20. The molecule has 72 heavy (non-hydrogen) atoms. The van der Waals surface area contributed by atoms with Crippen molar-refractivity contribution in [2.24, 2.45) is 0 Å². The third-order valence-electron chi connectivity index (χ3n) is 16.2. The number of hydrogen-bond donors (Lipinski definition) is 0. The Labute approximate surface area is 422 Å². The Hall–Kier alpha value is -8.03. The van der Waals surface area contributed by atoms with Gasteiger partial charge in [0.05, 0.1) is 11.4 Å². The van der Waals surface area contributed by atoms with Crippen LogP contribution in [0.4, 0.5) is 34.1 Å². The first-order valence-electron chi connectivity index (χ1n) is 25.3. The number of para-hydroxylation sites is 2. The minimum atomic E-state index is -0.177. The Morgan fingerprint density at radius 3 is 1.01 bits per heavy atom. The molecule has 0 N–H and O–H groups in total. The molecule has 6 heterocycles. The number of hydrogen-bond acceptors (Lipinski definition) is 6. The molecule has 6 nitrogen and oxygen atoms in total. The molecular formula is C63H49B3N2O4. The summed E-state index contributed by atoms with van der Waals surface area (Å²) < 4.78 is 27.8. The van der Waals surface area contributed by atoms with Gasteiger partial charge in [0.1, 0.15) is 46.0 Å². The first-order valence-corrected chi connectivity index (χ1v) is 25.3. The Kier molecular flexibility index (Phi) is 8.43. The molecule has 0 aromatic heterocycles. The standard InChI is InChI=1S/C63H49B3N2O4/c1-32-18-37(6)62(38(7)19-32)67-47-30-53-45(64-41-14-10-12-16-51(41)69-55-24-35(4)26-57(71-53)60(55)64)28-43(47)66-44-29-46-54(72-58-27-36(5)25-56-61(58)65(46)42-15-11-13-17-52(42)70-56)31-48(44)68(50-23-34(3)22-49(67)59(50)66)63-39(8)20-33(2)21-40(63)9/h10-31H,1-9H3. The number of rotatable bonds is 2. The molecule has 0 saturated heterocycles. The lowest BCUT2D eigenvalue weighted by Gasteiger charge is -2.46. The van der Waals surface area contributed by atoms with Crippen molar-refractivity contribution in [2.45, 2.75) is 62.3 Å². The number of fused-ring (bicyclic) bond motifs is 12. The number of benzene rings is 9. The molecule has 0 radical (unpaired) electrons. The smallest absolute Gasteiger partial charge is 0.260 e. The lowest BCUT2D eigenvalue weighted by Crippen LogP contribution is -2.65. The maximum Gasteiger partial charge on any atom is 0.260 e. The molecule has 0 aliphatic carbocycles. The van der Waals surface area contributed by atoms with Crippen LogP contribution in [0.5, 0.6) is 46.0 Å². The number of anilines is 6. The SMILES string of the molecule is Cc1cc(C)c(N2c3cc4c(cc3B3c5cc6c(cc5N(c5c(C)cc(C)cc5C)c5cc(C)cc2c53)Oc2cc(C)cc3c2B6c2ccccc2O3)B2c3ccccc3Oc3cc(C)cc(c32)O4)c(C)c1. The van der Waals surface area contributed by atoms with Crippen LogP contribution in [0.2, 0.25) is 0 Å². The zero-order chi connectivity index (χ0) is 48.7. The van der Waals surface area contributed by atoms with Crippen molar-refractivity contribution in [3.63, 3.8) is 0 Å². The van der Waals surface area contributed by atoms with E-state index in [1.54, 1.807) is 0 Å². The van der Waals surface area contributed by atoms with E-state index in [1.165, 1.54) is 78.1 Å². The highest BCUT2D eigenvalue weighted by atomic mass is 16.5. The summed E-state index contributed by atoms with van der Waals surface area (Å²) in [4.78, 5) is 5.14. The average Bonchev–Trinajstić information content (AvgIpc) is 3.33. The number of aryl methyl sites for hydroxylation is 9.